The number of fused-ring (bicyclic) bond motifs is 1. The average Bonchev–Trinajstić information content (AvgIpc) is 2.74. The Morgan fingerprint density at radius 2 is 1.36 bits per heavy atom. The summed E-state index contributed by atoms with van der Waals surface area (Å²) in [5.41, 5.74) is -0.125. The second-order valence-corrected chi connectivity index (χ2v) is 9.69. The van der Waals surface area contributed by atoms with Crippen LogP contribution < -0.4 is 4.90 Å². The van der Waals surface area contributed by atoms with Crippen LogP contribution in [0.1, 0.15) is 27.7 Å². The van der Waals surface area contributed by atoms with E-state index >= 15 is 0 Å². The van der Waals surface area contributed by atoms with Gasteiger partial charge in [0.1, 0.15) is 0 Å². The summed E-state index contributed by atoms with van der Waals surface area (Å²) in [7, 11) is 0.259. The maximum absolute atomic E-state index is 13.6. The molecule has 1 heterocycles. The predicted octanol–water partition coefficient (Wildman–Crippen LogP) is 4.02. The molecule has 0 saturated carbocycles. The molecule has 134 valence electrons. The van der Waals surface area contributed by atoms with E-state index in [-0.39, 0.29) is 0 Å². The zero-order chi connectivity index (χ0) is 18.6. The highest BCUT2D eigenvalue weighted by Crippen LogP contribution is 2.41. The van der Waals surface area contributed by atoms with Crippen LogP contribution in [-0.4, -0.2) is 37.9 Å². The van der Waals surface area contributed by atoms with Crippen LogP contribution in [0.2, 0.25) is 0 Å². The van der Waals surface area contributed by atoms with Crippen LogP contribution in [0, 0.1) is 0 Å². The molecule has 25 heavy (non-hydrogen) atoms. The summed E-state index contributed by atoms with van der Waals surface area (Å²) in [5.74, 6) is 0. The second kappa shape index (κ2) is 5.58. The fourth-order valence-corrected chi connectivity index (χ4v) is 6.15. The van der Waals surface area contributed by atoms with Crippen LogP contribution in [0.25, 0.3) is 10.8 Å². The number of benzene rings is 2. The van der Waals surface area contributed by atoms with Gasteiger partial charge >= 0.3 is 0 Å². The van der Waals surface area contributed by atoms with Crippen molar-refractivity contribution >= 4 is 26.5 Å². The van der Waals surface area contributed by atoms with Gasteiger partial charge in [0.05, 0.1) is 4.90 Å². The van der Waals surface area contributed by atoms with E-state index in [4.69, 9.17) is 0 Å². The van der Waals surface area contributed by atoms with Crippen LogP contribution in [-0.2, 0) is 10.0 Å². The number of sulfonamides is 1. The molecule has 0 atom stereocenters. The Balaban J connectivity index is 2.28. The first kappa shape index (κ1) is 18.0. The molecule has 1 aliphatic rings. The summed E-state index contributed by atoms with van der Waals surface area (Å²) in [4.78, 5) is 2.36. The molecule has 0 amide bonds. The van der Waals surface area contributed by atoms with E-state index in [1.165, 1.54) is 0 Å². The lowest BCUT2D eigenvalue weighted by Crippen LogP contribution is -2.52. The molecule has 3 rings (SSSR count). The Morgan fingerprint density at radius 3 is 1.92 bits per heavy atom. The van der Waals surface area contributed by atoms with Gasteiger partial charge in [-0.3, -0.25) is 0 Å². The zero-order valence-corrected chi connectivity index (χ0v) is 16.6. The van der Waals surface area contributed by atoms with E-state index in [1.54, 1.807) is 10.4 Å². The summed E-state index contributed by atoms with van der Waals surface area (Å²) in [6.07, 6.45) is 3.95. The summed E-state index contributed by atoms with van der Waals surface area (Å²) >= 11 is 0. The summed E-state index contributed by atoms with van der Waals surface area (Å²) in [6.45, 7) is 7.75. The van der Waals surface area contributed by atoms with E-state index in [0.717, 1.165) is 16.5 Å². The number of hydrogen-bond donors (Lipinski definition) is 0. The molecule has 0 N–H and O–H groups in total. The molecule has 0 fully saturated rings. The van der Waals surface area contributed by atoms with E-state index in [1.807, 2.05) is 89.2 Å². The lowest BCUT2D eigenvalue weighted by molar-refractivity contribution is 0.211. The highest BCUT2D eigenvalue weighted by atomic mass is 32.2. The monoisotopic (exact) mass is 358 g/mol. The first-order chi connectivity index (χ1) is 11.5. The molecule has 0 unspecified atom stereocenters. The third-order valence-electron chi connectivity index (χ3n) is 4.81. The largest absolute Gasteiger partial charge is 0.377 e. The molecule has 2 aromatic rings. The first-order valence-electron chi connectivity index (χ1n) is 8.43. The van der Waals surface area contributed by atoms with Gasteiger partial charge in [-0.25, -0.2) is 8.42 Å². The molecule has 0 radical (unpaired) electrons. The van der Waals surface area contributed by atoms with Crippen molar-refractivity contribution in [1.29, 1.82) is 0 Å². The Hall–Kier alpha value is -1.85. The minimum atomic E-state index is -3.67. The lowest BCUT2D eigenvalue weighted by atomic mass is 10.1. The minimum Gasteiger partial charge on any atom is -0.377 e. The highest BCUT2D eigenvalue weighted by Gasteiger charge is 2.48. The smallest absolute Gasteiger partial charge is 0.245 e. The molecule has 0 aliphatic carbocycles. The fourth-order valence-electron chi connectivity index (χ4n) is 3.88. The van der Waals surface area contributed by atoms with Gasteiger partial charge in [0.2, 0.25) is 10.0 Å². The number of nitrogens with zero attached hydrogens (tertiary/aromatic N) is 2. The van der Waals surface area contributed by atoms with Gasteiger partial charge in [-0.05, 0) is 39.8 Å². The summed E-state index contributed by atoms with van der Waals surface area (Å²) in [6, 6.07) is 11.3. The van der Waals surface area contributed by atoms with E-state index < -0.39 is 21.1 Å². The first-order valence-corrected chi connectivity index (χ1v) is 9.87. The van der Waals surface area contributed by atoms with Crippen molar-refractivity contribution in [2.75, 3.05) is 19.0 Å². The van der Waals surface area contributed by atoms with Gasteiger partial charge in [0, 0.05) is 41.6 Å². The van der Waals surface area contributed by atoms with Crippen LogP contribution in [0.5, 0.6) is 0 Å². The van der Waals surface area contributed by atoms with Crippen LogP contribution in [0.4, 0.5) is 5.69 Å². The molecule has 0 saturated heterocycles. The number of rotatable bonds is 3. The Kier molecular flexibility index (Phi) is 4.01. The van der Waals surface area contributed by atoms with Crippen molar-refractivity contribution in [2.45, 2.75) is 43.7 Å². The Morgan fingerprint density at radius 1 is 0.840 bits per heavy atom. The standard InChI is InChI=1S/C20H26N2O2S/c1-19(2)13-14-20(3,4)22(19)25(23,24)18-12-8-9-15-16(18)10-7-11-17(15)21(5)6/h7-14H,1-6H3. The molecule has 5 heteroatoms. The van der Waals surface area contributed by atoms with Crippen LogP contribution in [0.3, 0.4) is 0 Å². The quantitative estimate of drug-likeness (QED) is 0.778. The minimum absolute atomic E-state index is 0.360. The van der Waals surface area contributed by atoms with Gasteiger partial charge < -0.3 is 4.90 Å². The van der Waals surface area contributed by atoms with Gasteiger partial charge in [0.15, 0.2) is 0 Å². The molecule has 1 aliphatic heterocycles. The van der Waals surface area contributed by atoms with Gasteiger partial charge in [-0.2, -0.15) is 4.31 Å². The van der Waals surface area contributed by atoms with Crippen LogP contribution >= 0.6 is 0 Å². The van der Waals surface area contributed by atoms with E-state index in [2.05, 4.69) is 0 Å². The molecule has 0 spiro atoms. The van der Waals surface area contributed by atoms with Crippen molar-refractivity contribution in [3.63, 3.8) is 0 Å². The SMILES string of the molecule is CN(C)c1cccc2c(S(=O)(=O)N3C(C)(C)C=CC3(C)C)cccc12. The van der Waals surface area contributed by atoms with Crippen molar-refractivity contribution < 1.29 is 8.42 Å². The molecular formula is C20H26N2O2S. The molecular weight excluding hydrogens is 332 g/mol. The number of anilines is 1. The van der Waals surface area contributed by atoms with E-state index in [0.29, 0.717) is 4.90 Å². The van der Waals surface area contributed by atoms with E-state index in [9.17, 15) is 8.42 Å². The van der Waals surface area contributed by atoms with Crippen molar-refractivity contribution in [3.05, 3.63) is 48.6 Å². The summed E-state index contributed by atoms with van der Waals surface area (Å²) in [5, 5.41) is 1.70. The molecule has 0 aromatic heterocycles. The van der Waals surface area contributed by atoms with Crippen molar-refractivity contribution in [3.8, 4) is 0 Å². The zero-order valence-electron chi connectivity index (χ0n) is 15.7. The van der Waals surface area contributed by atoms with Crippen molar-refractivity contribution in [1.82, 2.24) is 4.31 Å². The van der Waals surface area contributed by atoms with Gasteiger partial charge in [0.25, 0.3) is 0 Å². The second-order valence-electron chi connectivity index (χ2n) is 7.93. The lowest BCUT2D eigenvalue weighted by Gasteiger charge is -2.39. The molecule has 2 aromatic carbocycles. The van der Waals surface area contributed by atoms with Gasteiger partial charge in [-0.1, -0.05) is 36.4 Å². The normalized spacial score (nSPS) is 19.4. The Labute approximate surface area is 150 Å². The maximum Gasteiger partial charge on any atom is 0.245 e. The third kappa shape index (κ3) is 2.75. The predicted molar refractivity (Wildman–Crippen MR) is 105 cm³/mol. The molecule has 0 bridgehead atoms. The van der Waals surface area contributed by atoms with Gasteiger partial charge in [-0.15, -0.1) is 0 Å². The fraction of sp³-hybridized carbons (Fsp3) is 0.400. The number of hydrogen-bond acceptors (Lipinski definition) is 3. The average molecular weight is 359 g/mol. The Bertz CT molecular complexity index is 939. The van der Waals surface area contributed by atoms with Crippen LogP contribution in [0.15, 0.2) is 53.4 Å². The molecule has 4 nitrogen and oxygen atoms in total. The topological polar surface area (TPSA) is 40.6 Å². The third-order valence-corrected chi connectivity index (χ3v) is 7.14. The summed E-state index contributed by atoms with van der Waals surface area (Å²) < 4.78 is 28.9. The maximum atomic E-state index is 13.6. The van der Waals surface area contributed by atoms with Crippen molar-refractivity contribution in [2.24, 2.45) is 0 Å². The highest BCUT2D eigenvalue weighted by molar-refractivity contribution is 7.89.